The first-order valence-electron chi connectivity index (χ1n) is 8.11. The van der Waals surface area contributed by atoms with Crippen LogP contribution < -0.4 is 0 Å². The molecule has 0 aromatic rings. The zero-order valence-corrected chi connectivity index (χ0v) is 13.7. The molecule has 0 spiro atoms. The number of unbranched alkanes of at least 4 members (excludes halogenated alkanes) is 2. The maximum Gasteiger partial charge on any atom is 0.264 e. The number of fused-ring (bicyclic) bond motifs is 1. The zero-order valence-electron chi connectivity index (χ0n) is 12.9. The van der Waals surface area contributed by atoms with Gasteiger partial charge in [0.2, 0.25) is 0 Å². The summed E-state index contributed by atoms with van der Waals surface area (Å²) >= 11 is 0. The van der Waals surface area contributed by atoms with Crippen molar-refractivity contribution in [3.05, 3.63) is 0 Å². The molecule has 3 atom stereocenters. The number of nitrogens with zero attached hydrogens (tertiary/aromatic N) is 1. The second-order valence-corrected chi connectivity index (χ2v) is 8.07. The lowest BCUT2D eigenvalue weighted by Crippen LogP contribution is -2.48. The molecular formula is C15H29NO3S. The molecule has 0 aromatic carbocycles. The maximum absolute atomic E-state index is 11.2. The number of rotatable bonds is 7. The summed E-state index contributed by atoms with van der Waals surface area (Å²) in [5.74, 6) is 0.398. The van der Waals surface area contributed by atoms with Crippen LogP contribution in [0.4, 0.5) is 0 Å². The van der Waals surface area contributed by atoms with Crippen LogP contribution >= 0.6 is 0 Å². The lowest BCUT2D eigenvalue weighted by molar-refractivity contribution is 0.0460. The molecule has 0 amide bonds. The van der Waals surface area contributed by atoms with Crippen molar-refractivity contribution >= 4 is 10.1 Å². The Kier molecular flexibility index (Phi) is 5.87. The smallest absolute Gasteiger partial charge is 0.264 e. The molecular weight excluding hydrogens is 274 g/mol. The van der Waals surface area contributed by atoms with Gasteiger partial charge in [-0.05, 0) is 44.6 Å². The predicted molar refractivity (Wildman–Crippen MR) is 81.2 cm³/mol. The molecule has 0 unspecified atom stereocenters. The molecule has 0 aromatic heterocycles. The normalized spacial score (nSPS) is 31.4. The average molecular weight is 303 g/mol. The van der Waals surface area contributed by atoms with Crippen LogP contribution in [0.5, 0.6) is 0 Å². The largest absolute Gasteiger partial charge is 0.297 e. The third-order valence-electron chi connectivity index (χ3n) is 4.86. The van der Waals surface area contributed by atoms with Gasteiger partial charge in [0.25, 0.3) is 10.1 Å². The van der Waals surface area contributed by atoms with Crippen molar-refractivity contribution in [3.63, 3.8) is 0 Å². The predicted octanol–water partition coefficient (Wildman–Crippen LogP) is 2.79. The Bertz CT molecular complexity index is 396. The molecule has 2 rings (SSSR count). The topological polar surface area (TPSA) is 46.6 Å². The Balaban J connectivity index is 1.87. The van der Waals surface area contributed by atoms with Crippen LogP contribution in [0.25, 0.3) is 0 Å². The summed E-state index contributed by atoms with van der Waals surface area (Å²) < 4.78 is 27.4. The average Bonchev–Trinajstić information content (AvgIpc) is 2.86. The zero-order chi connectivity index (χ0) is 14.6. The van der Waals surface area contributed by atoms with E-state index in [4.69, 9.17) is 4.18 Å². The first kappa shape index (κ1) is 16.2. The number of hydrogen-bond donors (Lipinski definition) is 0. The van der Waals surface area contributed by atoms with Crippen LogP contribution in [-0.4, -0.2) is 44.8 Å². The van der Waals surface area contributed by atoms with Gasteiger partial charge in [-0.25, -0.2) is 0 Å². The van der Waals surface area contributed by atoms with E-state index in [1.54, 1.807) is 0 Å². The fourth-order valence-electron chi connectivity index (χ4n) is 3.88. The van der Waals surface area contributed by atoms with E-state index in [2.05, 4.69) is 11.8 Å². The van der Waals surface area contributed by atoms with Crippen molar-refractivity contribution in [1.82, 2.24) is 4.90 Å². The maximum atomic E-state index is 11.2. The summed E-state index contributed by atoms with van der Waals surface area (Å²) in [4.78, 5) is 2.65. The van der Waals surface area contributed by atoms with E-state index in [1.165, 1.54) is 51.5 Å². The molecule has 2 aliphatic rings. The molecule has 2 aliphatic heterocycles. The Morgan fingerprint density at radius 3 is 2.70 bits per heavy atom. The highest BCUT2D eigenvalue weighted by atomic mass is 32.2. The second kappa shape index (κ2) is 7.23. The van der Waals surface area contributed by atoms with E-state index in [0.29, 0.717) is 18.6 Å². The van der Waals surface area contributed by atoms with Crippen molar-refractivity contribution in [2.45, 2.75) is 70.4 Å². The molecule has 0 aliphatic carbocycles. The van der Waals surface area contributed by atoms with Crippen LogP contribution in [0.15, 0.2) is 0 Å². The highest BCUT2D eigenvalue weighted by Crippen LogP contribution is 2.37. The van der Waals surface area contributed by atoms with Crippen LogP contribution in [0.2, 0.25) is 0 Å². The highest BCUT2D eigenvalue weighted by Gasteiger charge is 2.39. The van der Waals surface area contributed by atoms with Gasteiger partial charge in [0.1, 0.15) is 0 Å². The van der Waals surface area contributed by atoms with Gasteiger partial charge in [-0.1, -0.05) is 26.2 Å². The quantitative estimate of drug-likeness (QED) is 0.536. The monoisotopic (exact) mass is 303 g/mol. The van der Waals surface area contributed by atoms with E-state index >= 15 is 0 Å². The number of piperidine rings is 1. The van der Waals surface area contributed by atoms with Crippen molar-refractivity contribution in [1.29, 1.82) is 0 Å². The van der Waals surface area contributed by atoms with E-state index in [-0.39, 0.29) is 0 Å². The summed E-state index contributed by atoms with van der Waals surface area (Å²) in [6, 6.07) is 1.28. The lowest BCUT2D eigenvalue weighted by atomic mass is 9.85. The molecule has 4 nitrogen and oxygen atoms in total. The number of hydrogen-bond acceptors (Lipinski definition) is 4. The van der Waals surface area contributed by atoms with Gasteiger partial charge in [-0.2, -0.15) is 8.42 Å². The fourth-order valence-corrected chi connectivity index (χ4v) is 4.31. The molecule has 2 heterocycles. The Morgan fingerprint density at radius 2 is 2.00 bits per heavy atom. The van der Waals surface area contributed by atoms with E-state index in [0.717, 1.165) is 18.7 Å². The van der Waals surface area contributed by atoms with Crippen molar-refractivity contribution < 1.29 is 12.6 Å². The molecule has 0 bridgehead atoms. The summed E-state index contributed by atoms with van der Waals surface area (Å²) in [6.45, 7) is 3.82. The van der Waals surface area contributed by atoms with Crippen LogP contribution in [0.3, 0.4) is 0 Å². The lowest BCUT2D eigenvalue weighted by Gasteiger charge is -2.42. The van der Waals surface area contributed by atoms with Crippen LogP contribution in [-0.2, 0) is 14.3 Å². The van der Waals surface area contributed by atoms with Gasteiger partial charge >= 0.3 is 0 Å². The van der Waals surface area contributed by atoms with Crippen molar-refractivity contribution in [3.8, 4) is 0 Å². The molecule has 2 saturated heterocycles. The fraction of sp³-hybridized carbons (Fsp3) is 1.00. The summed E-state index contributed by atoms with van der Waals surface area (Å²) in [5.41, 5.74) is 0. The first-order chi connectivity index (χ1) is 9.51. The molecule has 20 heavy (non-hydrogen) atoms. The van der Waals surface area contributed by atoms with Gasteiger partial charge in [0.15, 0.2) is 0 Å². The minimum absolute atomic E-state index is 0.377. The van der Waals surface area contributed by atoms with Gasteiger partial charge in [0.05, 0.1) is 12.9 Å². The van der Waals surface area contributed by atoms with Gasteiger partial charge in [-0.3, -0.25) is 9.08 Å². The molecule has 5 heteroatoms. The summed E-state index contributed by atoms with van der Waals surface area (Å²) in [7, 11) is -3.30. The Labute approximate surface area is 124 Å². The molecule has 0 saturated carbocycles. The van der Waals surface area contributed by atoms with E-state index < -0.39 is 10.1 Å². The van der Waals surface area contributed by atoms with Gasteiger partial charge in [-0.15, -0.1) is 0 Å². The summed E-state index contributed by atoms with van der Waals surface area (Å²) in [5, 5.41) is 0. The van der Waals surface area contributed by atoms with Gasteiger partial charge in [0, 0.05) is 12.1 Å². The molecule has 0 radical (unpaired) electrons. The molecule has 118 valence electrons. The highest BCUT2D eigenvalue weighted by molar-refractivity contribution is 7.85. The second-order valence-electron chi connectivity index (χ2n) is 6.42. The third-order valence-corrected chi connectivity index (χ3v) is 5.43. The van der Waals surface area contributed by atoms with Crippen molar-refractivity contribution in [2.75, 3.05) is 19.4 Å². The third kappa shape index (κ3) is 4.43. The van der Waals surface area contributed by atoms with E-state index in [1.807, 2.05) is 0 Å². The minimum Gasteiger partial charge on any atom is -0.297 e. The minimum atomic E-state index is -3.30. The van der Waals surface area contributed by atoms with Gasteiger partial charge < -0.3 is 0 Å². The SMILES string of the molecule is CCCCC[C@@H]1CC[C@H](COS(C)(=O)=O)[C@@H]2CCCN12. The molecule has 0 N–H and O–H groups in total. The standard InChI is InChI=1S/C15H29NO3S/c1-3-4-5-7-14-10-9-13(12-19-20(2,17)18)15-8-6-11-16(14)15/h13-15H,3-12H2,1-2H3/t13-,14-,15+/m1/s1. The molecule has 2 fully saturated rings. The summed E-state index contributed by atoms with van der Waals surface area (Å²) in [6.07, 6.45) is 11.2. The van der Waals surface area contributed by atoms with Crippen LogP contribution in [0.1, 0.15) is 58.3 Å². The Morgan fingerprint density at radius 1 is 1.20 bits per heavy atom. The Hall–Kier alpha value is -0.130. The van der Waals surface area contributed by atoms with Crippen molar-refractivity contribution in [2.24, 2.45) is 5.92 Å². The van der Waals surface area contributed by atoms with Crippen LogP contribution in [0, 0.1) is 5.92 Å². The first-order valence-corrected chi connectivity index (χ1v) is 9.93. The van der Waals surface area contributed by atoms with E-state index in [9.17, 15) is 8.42 Å².